The predicted molar refractivity (Wildman–Crippen MR) is 105 cm³/mol. The fourth-order valence-electron chi connectivity index (χ4n) is 3.81. The summed E-state index contributed by atoms with van der Waals surface area (Å²) in [6.45, 7) is 3.76. The predicted octanol–water partition coefficient (Wildman–Crippen LogP) is 3.77. The molecule has 0 saturated carbocycles. The number of carbonyl (C=O) groups excluding carboxylic acids is 1. The van der Waals surface area contributed by atoms with Gasteiger partial charge in [0.1, 0.15) is 0 Å². The zero-order chi connectivity index (χ0) is 18.4. The largest absolute Gasteiger partial charge is 0.396 e. The summed E-state index contributed by atoms with van der Waals surface area (Å²) in [6.07, 6.45) is 3.98. The second kappa shape index (κ2) is 8.50. The second-order valence-corrected chi connectivity index (χ2v) is 7.69. The lowest BCUT2D eigenvalue weighted by Crippen LogP contribution is -2.45. The molecule has 0 atom stereocenters. The van der Waals surface area contributed by atoms with E-state index in [0.29, 0.717) is 6.42 Å². The number of piperidine rings is 1. The molecule has 2 aromatic carbocycles. The van der Waals surface area contributed by atoms with Crippen LogP contribution in [0.2, 0.25) is 0 Å². The Labute approximate surface area is 156 Å². The van der Waals surface area contributed by atoms with Crippen LogP contribution in [-0.2, 0) is 17.6 Å². The Morgan fingerprint density at radius 2 is 1.65 bits per heavy atom. The van der Waals surface area contributed by atoms with Gasteiger partial charge in [-0.2, -0.15) is 0 Å². The molecule has 1 saturated heterocycles. The van der Waals surface area contributed by atoms with Gasteiger partial charge in [0.25, 0.3) is 0 Å². The lowest BCUT2D eigenvalue weighted by Gasteiger charge is -2.41. The lowest BCUT2D eigenvalue weighted by molar-refractivity contribution is -0.134. The van der Waals surface area contributed by atoms with Crippen molar-refractivity contribution in [3.8, 4) is 0 Å². The summed E-state index contributed by atoms with van der Waals surface area (Å²) in [5.41, 5.74) is 3.64. The normalized spacial score (nSPS) is 16.5. The van der Waals surface area contributed by atoms with Gasteiger partial charge >= 0.3 is 0 Å². The fourth-order valence-corrected chi connectivity index (χ4v) is 3.81. The number of nitrogens with zero attached hydrogens (tertiary/aromatic N) is 1. The van der Waals surface area contributed by atoms with Crippen LogP contribution in [0, 0.1) is 12.3 Å². The average Bonchev–Trinajstić information content (AvgIpc) is 2.68. The molecule has 1 heterocycles. The maximum absolute atomic E-state index is 12.6. The molecule has 2 aromatic rings. The van der Waals surface area contributed by atoms with Gasteiger partial charge in [-0.3, -0.25) is 4.79 Å². The van der Waals surface area contributed by atoms with Crippen molar-refractivity contribution in [2.75, 3.05) is 19.7 Å². The van der Waals surface area contributed by atoms with Gasteiger partial charge in [0.2, 0.25) is 5.91 Å². The Morgan fingerprint density at radius 3 is 2.27 bits per heavy atom. The van der Waals surface area contributed by atoms with Gasteiger partial charge in [0, 0.05) is 31.5 Å². The van der Waals surface area contributed by atoms with Gasteiger partial charge in [0.05, 0.1) is 0 Å². The first-order valence-electron chi connectivity index (χ1n) is 9.58. The number of likely N-dealkylation sites (tertiary alicyclic amines) is 1. The zero-order valence-corrected chi connectivity index (χ0v) is 15.7. The number of carbonyl (C=O) groups is 1. The summed E-state index contributed by atoms with van der Waals surface area (Å²) in [5, 5.41) is 10.00. The first-order valence-corrected chi connectivity index (χ1v) is 9.58. The van der Waals surface area contributed by atoms with Crippen LogP contribution in [0.15, 0.2) is 54.6 Å². The number of hydrogen-bond acceptors (Lipinski definition) is 2. The van der Waals surface area contributed by atoms with E-state index in [1.165, 1.54) is 16.7 Å². The molecular formula is C23H29NO2. The van der Waals surface area contributed by atoms with Gasteiger partial charge in [-0.05, 0) is 43.7 Å². The molecule has 1 amide bonds. The van der Waals surface area contributed by atoms with Gasteiger partial charge in [-0.15, -0.1) is 0 Å². The van der Waals surface area contributed by atoms with E-state index < -0.39 is 0 Å². The average molecular weight is 351 g/mol. The number of amides is 1. The van der Waals surface area contributed by atoms with Gasteiger partial charge in [0.15, 0.2) is 0 Å². The van der Waals surface area contributed by atoms with Crippen molar-refractivity contribution in [1.29, 1.82) is 0 Å². The van der Waals surface area contributed by atoms with Crippen LogP contribution >= 0.6 is 0 Å². The molecule has 3 nitrogen and oxygen atoms in total. The first-order chi connectivity index (χ1) is 12.6. The van der Waals surface area contributed by atoms with Crippen molar-refractivity contribution in [2.24, 2.45) is 5.41 Å². The van der Waals surface area contributed by atoms with E-state index in [9.17, 15) is 9.90 Å². The van der Waals surface area contributed by atoms with Gasteiger partial charge in [-0.1, -0.05) is 60.2 Å². The maximum Gasteiger partial charge on any atom is 0.222 e. The van der Waals surface area contributed by atoms with E-state index in [0.717, 1.165) is 38.8 Å². The summed E-state index contributed by atoms with van der Waals surface area (Å²) in [7, 11) is 0. The summed E-state index contributed by atoms with van der Waals surface area (Å²) in [5.74, 6) is 0.233. The lowest BCUT2D eigenvalue weighted by atomic mass is 9.74. The third kappa shape index (κ3) is 4.73. The SMILES string of the molecule is Cc1ccc(CCC(=O)N2CCC(CO)(Cc3ccccc3)CC2)cc1. The summed E-state index contributed by atoms with van der Waals surface area (Å²) >= 11 is 0. The molecule has 1 aliphatic rings. The third-order valence-corrected chi connectivity index (χ3v) is 5.68. The van der Waals surface area contributed by atoms with Crippen molar-refractivity contribution >= 4 is 5.91 Å². The Hall–Kier alpha value is -2.13. The van der Waals surface area contributed by atoms with Crippen molar-refractivity contribution in [3.63, 3.8) is 0 Å². The van der Waals surface area contributed by atoms with Crippen LogP contribution in [0.3, 0.4) is 0 Å². The van der Waals surface area contributed by atoms with Crippen LogP contribution in [0.25, 0.3) is 0 Å². The number of hydrogen-bond donors (Lipinski definition) is 1. The van der Waals surface area contributed by atoms with Crippen LogP contribution in [0.5, 0.6) is 0 Å². The van der Waals surface area contributed by atoms with Crippen LogP contribution in [0.4, 0.5) is 0 Å². The molecule has 0 aliphatic carbocycles. The molecule has 26 heavy (non-hydrogen) atoms. The molecule has 0 radical (unpaired) electrons. The highest BCUT2D eigenvalue weighted by Crippen LogP contribution is 2.35. The molecule has 3 heteroatoms. The highest BCUT2D eigenvalue weighted by Gasteiger charge is 2.35. The molecule has 0 bridgehead atoms. The summed E-state index contributed by atoms with van der Waals surface area (Å²) in [4.78, 5) is 14.5. The number of aryl methyl sites for hydroxylation is 2. The van der Waals surface area contributed by atoms with Crippen LogP contribution in [0.1, 0.15) is 36.0 Å². The highest BCUT2D eigenvalue weighted by atomic mass is 16.3. The van der Waals surface area contributed by atoms with Crippen molar-refractivity contribution in [2.45, 2.75) is 39.0 Å². The van der Waals surface area contributed by atoms with E-state index in [2.05, 4.69) is 43.3 Å². The Bertz CT molecular complexity index is 701. The number of aliphatic hydroxyl groups excluding tert-OH is 1. The fraction of sp³-hybridized carbons (Fsp3) is 0.435. The minimum atomic E-state index is -0.0882. The van der Waals surface area contributed by atoms with E-state index in [1.54, 1.807) is 0 Å². The van der Waals surface area contributed by atoms with Crippen LogP contribution < -0.4 is 0 Å². The molecule has 1 fully saturated rings. The topological polar surface area (TPSA) is 40.5 Å². The monoisotopic (exact) mass is 351 g/mol. The standard InChI is InChI=1S/C23H29NO2/c1-19-7-9-20(10-8-19)11-12-22(26)24-15-13-23(18-25,14-16-24)17-21-5-3-2-4-6-21/h2-10,25H,11-18H2,1H3. The molecular weight excluding hydrogens is 322 g/mol. The maximum atomic E-state index is 12.6. The van der Waals surface area contributed by atoms with E-state index in [1.807, 2.05) is 23.1 Å². The quantitative estimate of drug-likeness (QED) is 0.861. The van der Waals surface area contributed by atoms with E-state index in [4.69, 9.17) is 0 Å². The smallest absolute Gasteiger partial charge is 0.222 e. The molecule has 0 spiro atoms. The molecule has 3 rings (SSSR count). The highest BCUT2D eigenvalue weighted by molar-refractivity contribution is 5.76. The Kier molecular flexibility index (Phi) is 6.10. The van der Waals surface area contributed by atoms with E-state index >= 15 is 0 Å². The van der Waals surface area contributed by atoms with Gasteiger partial charge in [-0.25, -0.2) is 0 Å². The minimum absolute atomic E-state index is 0.0882. The van der Waals surface area contributed by atoms with Crippen molar-refractivity contribution < 1.29 is 9.90 Å². The number of benzene rings is 2. The van der Waals surface area contributed by atoms with Crippen molar-refractivity contribution in [1.82, 2.24) is 4.90 Å². The summed E-state index contributed by atoms with van der Waals surface area (Å²) in [6, 6.07) is 18.8. The zero-order valence-electron chi connectivity index (χ0n) is 15.7. The Morgan fingerprint density at radius 1 is 1.00 bits per heavy atom. The minimum Gasteiger partial charge on any atom is -0.396 e. The molecule has 138 valence electrons. The number of rotatable bonds is 6. The molecule has 1 aliphatic heterocycles. The summed E-state index contributed by atoms with van der Waals surface area (Å²) < 4.78 is 0. The Balaban J connectivity index is 1.51. The first kappa shape index (κ1) is 18.7. The molecule has 1 N–H and O–H groups in total. The van der Waals surface area contributed by atoms with Crippen LogP contribution in [-0.4, -0.2) is 35.6 Å². The second-order valence-electron chi connectivity index (χ2n) is 7.69. The van der Waals surface area contributed by atoms with E-state index in [-0.39, 0.29) is 17.9 Å². The number of aliphatic hydroxyl groups is 1. The molecule has 0 aromatic heterocycles. The van der Waals surface area contributed by atoms with Crippen molar-refractivity contribution in [3.05, 3.63) is 71.3 Å². The van der Waals surface area contributed by atoms with Gasteiger partial charge < -0.3 is 10.0 Å². The third-order valence-electron chi connectivity index (χ3n) is 5.68. The molecule has 0 unspecified atom stereocenters.